The Morgan fingerprint density at radius 2 is 2.20 bits per heavy atom. The summed E-state index contributed by atoms with van der Waals surface area (Å²) in [4.78, 5) is 7.04. The third kappa shape index (κ3) is 3.06. The summed E-state index contributed by atoms with van der Waals surface area (Å²) in [6, 6.07) is 0. The van der Waals surface area contributed by atoms with Gasteiger partial charge in [-0.1, -0.05) is 32.1 Å². The fourth-order valence-corrected chi connectivity index (χ4v) is 2.47. The average molecular weight is 208 g/mol. The van der Waals surface area contributed by atoms with Crippen molar-refractivity contribution in [3.05, 3.63) is 18.2 Å². The molecule has 15 heavy (non-hydrogen) atoms. The Balaban J connectivity index is 1.73. The predicted octanol–water partition coefficient (Wildman–Crippen LogP) is 2.80. The van der Waals surface area contributed by atoms with E-state index in [0.717, 1.165) is 18.8 Å². The minimum Gasteiger partial charge on any atom is -0.385 e. The van der Waals surface area contributed by atoms with Crippen LogP contribution in [0, 0.1) is 5.92 Å². The molecule has 1 aliphatic rings. The predicted molar refractivity (Wildman–Crippen MR) is 59.4 cm³/mol. The molecule has 1 saturated carbocycles. The minimum absolute atomic E-state index is 0.401. The fourth-order valence-electron chi connectivity index (χ4n) is 2.47. The topological polar surface area (TPSA) is 48.9 Å². The lowest BCUT2D eigenvalue weighted by atomic mass is 9.85. The van der Waals surface area contributed by atoms with Crippen molar-refractivity contribution in [2.24, 2.45) is 5.92 Å². The third-order valence-electron chi connectivity index (χ3n) is 3.41. The summed E-state index contributed by atoms with van der Waals surface area (Å²) in [5.41, 5.74) is 0. The molecule has 0 spiro atoms. The van der Waals surface area contributed by atoms with Crippen LogP contribution in [0.25, 0.3) is 0 Å². The van der Waals surface area contributed by atoms with Crippen molar-refractivity contribution in [2.45, 2.75) is 51.0 Å². The number of aliphatic hydroxyl groups is 1. The van der Waals surface area contributed by atoms with Crippen molar-refractivity contribution >= 4 is 0 Å². The SMILES string of the molecule is O[C@@H](CCC1CCCCC1)c1ncc[nH]1. The van der Waals surface area contributed by atoms with Crippen molar-refractivity contribution in [1.29, 1.82) is 0 Å². The highest BCUT2D eigenvalue weighted by molar-refractivity contribution is 4.91. The Morgan fingerprint density at radius 1 is 1.40 bits per heavy atom. The van der Waals surface area contributed by atoms with Crippen LogP contribution in [-0.4, -0.2) is 15.1 Å². The van der Waals surface area contributed by atoms with Crippen LogP contribution in [0.2, 0.25) is 0 Å². The zero-order valence-corrected chi connectivity index (χ0v) is 9.15. The van der Waals surface area contributed by atoms with Crippen LogP contribution < -0.4 is 0 Å². The van der Waals surface area contributed by atoms with E-state index < -0.39 is 6.10 Å². The van der Waals surface area contributed by atoms with Gasteiger partial charge < -0.3 is 10.1 Å². The van der Waals surface area contributed by atoms with Crippen LogP contribution in [0.1, 0.15) is 56.9 Å². The molecule has 0 radical (unpaired) electrons. The summed E-state index contributed by atoms with van der Waals surface area (Å²) in [6.45, 7) is 0. The van der Waals surface area contributed by atoms with Crippen LogP contribution >= 0.6 is 0 Å². The van der Waals surface area contributed by atoms with Gasteiger partial charge >= 0.3 is 0 Å². The Kier molecular flexibility index (Phi) is 3.78. The number of aliphatic hydroxyl groups excluding tert-OH is 1. The Labute approximate surface area is 90.9 Å². The quantitative estimate of drug-likeness (QED) is 0.799. The van der Waals surface area contributed by atoms with Crippen molar-refractivity contribution in [2.75, 3.05) is 0 Å². The summed E-state index contributed by atoms with van der Waals surface area (Å²) < 4.78 is 0. The largest absolute Gasteiger partial charge is 0.385 e. The monoisotopic (exact) mass is 208 g/mol. The number of nitrogens with zero attached hydrogens (tertiary/aromatic N) is 1. The molecule has 1 aromatic heterocycles. The maximum atomic E-state index is 9.85. The summed E-state index contributed by atoms with van der Waals surface area (Å²) in [5, 5.41) is 9.85. The number of hydrogen-bond donors (Lipinski definition) is 2. The van der Waals surface area contributed by atoms with E-state index in [1.807, 2.05) is 0 Å². The standard InChI is InChI=1S/C12H20N2O/c15-11(12-13-8-9-14-12)7-6-10-4-2-1-3-5-10/h8-11,15H,1-7H2,(H,13,14)/t11-/m0/s1. The smallest absolute Gasteiger partial charge is 0.134 e. The molecular weight excluding hydrogens is 188 g/mol. The highest BCUT2D eigenvalue weighted by Gasteiger charge is 2.16. The normalized spacial score (nSPS) is 20.3. The van der Waals surface area contributed by atoms with E-state index in [2.05, 4.69) is 9.97 Å². The van der Waals surface area contributed by atoms with E-state index in [9.17, 15) is 5.11 Å². The van der Waals surface area contributed by atoms with E-state index in [0.29, 0.717) is 5.82 Å². The minimum atomic E-state index is -0.401. The molecule has 1 fully saturated rings. The van der Waals surface area contributed by atoms with Gasteiger partial charge in [-0.15, -0.1) is 0 Å². The Bertz CT molecular complexity index is 265. The van der Waals surface area contributed by atoms with Crippen LogP contribution in [0.15, 0.2) is 12.4 Å². The van der Waals surface area contributed by atoms with Crippen molar-refractivity contribution in [3.63, 3.8) is 0 Å². The molecule has 1 atom stereocenters. The van der Waals surface area contributed by atoms with E-state index >= 15 is 0 Å². The van der Waals surface area contributed by atoms with Gasteiger partial charge in [0.2, 0.25) is 0 Å². The van der Waals surface area contributed by atoms with Crippen LogP contribution in [0.3, 0.4) is 0 Å². The maximum absolute atomic E-state index is 9.85. The van der Waals surface area contributed by atoms with E-state index in [4.69, 9.17) is 0 Å². The fraction of sp³-hybridized carbons (Fsp3) is 0.750. The molecule has 84 valence electrons. The van der Waals surface area contributed by atoms with Gasteiger partial charge in [-0.3, -0.25) is 0 Å². The Morgan fingerprint density at radius 3 is 2.87 bits per heavy atom. The number of hydrogen-bond acceptors (Lipinski definition) is 2. The molecule has 2 N–H and O–H groups in total. The van der Waals surface area contributed by atoms with Gasteiger partial charge in [0.05, 0.1) is 0 Å². The van der Waals surface area contributed by atoms with Gasteiger partial charge in [-0.25, -0.2) is 4.98 Å². The van der Waals surface area contributed by atoms with E-state index in [1.54, 1.807) is 12.4 Å². The number of H-pyrrole nitrogens is 1. The van der Waals surface area contributed by atoms with Crippen LogP contribution in [0.5, 0.6) is 0 Å². The molecule has 3 nitrogen and oxygen atoms in total. The molecule has 1 aliphatic carbocycles. The molecule has 0 unspecified atom stereocenters. The molecule has 1 aromatic rings. The van der Waals surface area contributed by atoms with Crippen molar-refractivity contribution in [1.82, 2.24) is 9.97 Å². The number of nitrogens with one attached hydrogen (secondary N) is 1. The summed E-state index contributed by atoms with van der Waals surface area (Å²) >= 11 is 0. The number of aromatic amines is 1. The molecule has 1 heterocycles. The third-order valence-corrected chi connectivity index (χ3v) is 3.41. The zero-order chi connectivity index (χ0) is 10.5. The molecule has 0 saturated heterocycles. The van der Waals surface area contributed by atoms with Gasteiger partial charge in [-0.05, 0) is 18.8 Å². The first-order valence-corrected chi connectivity index (χ1v) is 6.03. The molecule has 0 aliphatic heterocycles. The number of rotatable bonds is 4. The van der Waals surface area contributed by atoms with Crippen LogP contribution in [0.4, 0.5) is 0 Å². The van der Waals surface area contributed by atoms with Gasteiger partial charge in [0.15, 0.2) is 0 Å². The second-order valence-electron chi connectivity index (χ2n) is 4.57. The molecule has 0 bridgehead atoms. The average Bonchev–Trinajstić information content (AvgIpc) is 2.81. The second kappa shape index (κ2) is 5.31. The van der Waals surface area contributed by atoms with Crippen LogP contribution in [-0.2, 0) is 0 Å². The van der Waals surface area contributed by atoms with Crippen molar-refractivity contribution < 1.29 is 5.11 Å². The van der Waals surface area contributed by atoms with Gasteiger partial charge in [0.25, 0.3) is 0 Å². The first-order valence-electron chi connectivity index (χ1n) is 6.03. The molecule has 3 heteroatoms. The van der Waals surface area contributed by atoms with E-state index in [1.165, 1.54) is 32.1 Å². The lowest BCUT2D eigenvalue weighted by molar-refractivity contribution is 0.143. The summed E-state index contributed by atoms with van der Waals surface area (Å²) in [6.07, 6.45) is 11.9. The molecule has 0 amide bonds. The molecule has 0 aromatic carbocycles. The van der Waals surface area contributed by atoms with Gasteiger partial charge in [-0.2, -0.15) is 0 Å². The maximum Gasteiger partial charge on any atom is 0.134 e. The lowest BCUT2D eigenvalue weighted by Crippen LogP contribution is -2.09. The summed E-state index contributed by atoms with van der Waals surface area (Å²) in [7, 11) is 0. The highest BCUT2D eigenvalue weighted by Crippen LogP contribution is 2.29. The second-order valence-corrected chi connectivity index (χ2v) is 4.57. The Hall–Kier alpha value is -0.830. The lowest BCUT2D eigenvalue weighted by Gasteiger charge is -2.22. The van der Waals surface area contributed by atoms with Crippen molar-refractivity contribution in [3.8, 4) is 0 Å². The number of imidazole rings is 1. The first kappa shape index (κ1) is 10.7. The number of aromatic nitrogens is 2. The molecular formula is C12H20N2O. The van der Waals surface area contributed by atoms with Gasteiger partial charge in [0.1, 0.15) is 11.9 Å². The summed E-state index contributed by atoms with van der Waals surface area (Å²) in [5.74, 6) is 1.55. The zero-order valence-electron chi connectivity index (χ0n) is 9.15. The molecule has 2 rings (SSSR count). The van der Waals surface area contributed by atoms with E-state index in [-0.39, 0.29) is 0 Å². The highest BCUT2D eigenvalue weighted by atomic mass is 16.3. The van der Waals surface area contributed by atoms with Gasteiger partial charge in [0, 0.05) is 12.4 Å². The first-order chi connectivity index (χ1) is 7.36.